The number of rotatable bonds is 4. The van der Waals surface area contributed by atoms with Gasteiger partial charge in [0.1, 0.15) is 6.54 Å². The first kappa shape index (κ1) is 18.1. The van der Waals surface area contributed by atoms with Crippen LogP contribution in [0.1, 0.15) is 10.4 Å². The minimum Gasteiger partial charge on any atom is -0.465 e. The molecule has 1 aliphatic heterocycles. The minimum atomic E-state index is -0.406. The Hall–Kier alpha value is -3.25. The molecule has 0 unspecified atom stereocenters. The molecule has 28 heavy (non-hydrogen) atoms. The van der Waals surface area contributed by atoms with E-state index >= 15 is 0 Å². The number of hydrogen-bond acceptors (Lipinski definition) is 5. The Bertz CT molecular complexity index is 988. The molecule has 0 atom stereocenters. The van der Waals surface area contributed by atoms with Crippen LogP contribution < -0.4 is 10.2 Å². The number of esters is 1. The van der Waals surface area contributed by atoms with Gasteiger partial charge in [-0.3, -0.25) is 4.79 Å². The summed E-state index contributed by atoms with van der Waals surface area (Å²) in [4.78, 5) is 28.5. The maximum atomic E-state index is 12.7. The molecule has 0 radical (unpaired) electrons. The average molecular weight is 390 g/mol. The number of anilines is 3. The quantitative estimate of drug-likeness (QED) is 0.654. The number of benzene rings is 3. The molecule has 1 aliphatic rings. The lowest BCUT2D eigenvalue weighted by Gasteiger charge is -2.32. The predicted octanol–water partition coefficient (Wildman–Crippen LogP) is 4.71. The van der Waals surface area contributed by atoms with Gasteiger partial charge >= 0.3 is 5.97 Å². The molecule has 6 heteroatoms. The number of hydrogen-bond donors (Lipinski definition) is 1. The summed E-state index contributed by atoms with van der Waals surface area (Å²) in [6, 6.07) is 22.8. The van der Waals surface area contributed by atoms with E-state index < -0.39 is 5.97 Å². The van der Waals surface area contributed by atoms with Gasteiger partial charge < -0.3 is 15.0 Å². The summed E-state index contributed by atoms with van der Waals surface area (Å²) >= 11 is 1.71. The van der Waals surface area contributed by atoms with Crippen molar-refractivity contribution < 1.29 is 14.3 Å². The summed E-state index contributed by atoms with van der Waals surface area (Å²) in [5.74, 6) is -0.542. The van der Waals surface area contributed by atoms with Gasteiger partial charge in [0.2, 0.25) is 5.91 Å². The summed E-state index contributed by atoms with van der Waals surface area (Å²) in [6.45, 7) is 0.188. The van der Waals surface area contributed by atoms with Crippen molar-refractivity contribution in [3.8, 4) is 0 Å². The lowest BCUT2D eigenvalue weighted by atomic mass is 10.2. The Labute approximate surface area is 167 Å². The highest BCUT2D eigenvalue weighted by atomic mass is 32.2. The van der Waals surface area contributed by atoms with Crippen LogP contribution in [0.4, 0.5) is 17.1 Å². The van der Waals surface area contributed by atoms with Crippen molar-refractivity contribution in [1.82, 2.24) is 0 Å². The van der Waals surface area contributed by atoms with Crippen molar-refractivity contribution in [2.75, 3.05) is 23.9 Å². The van der Waals surface area contributed by atoms with E-state index in [9.17, 15) is 9.59 Å². The van der Waals surface area contributed by atoms with Crippen LogP contribution in [0.5, 0.6) is 0 Å². The molecule has 0 bridgehead atoms. The summed E-state index contributed by atoms with van der Waals surface area (Å²) < 4.78 is 4.69. The molecular formula is C22H18N2O3S. The predicted molar refractivity (Wildman–Crippen MR) is 110 cm³/mol. The Kier molecular flexibility index (Phi) is 5.04. The zero-order valence-corrected chi connectivity index (χ0v) is 16.0. The number of para-hydroxylation sites is 2. The normalized spacial score (nSPS) is 12.0. The van der Waals surface area contributed by atoms with E-state index in [1.807, 2.05) is 41.3 Å². The molecule has 4 rings (SSSR count). The van der Waals surface area contributed by atoms with Crippen LogP contribution in [-0.2, 0) is 9.53 Å². The molecular weight excluding hydrogens is 372 g/mol. The summed E-state index contributed by atoms with van der Waals surface area (Å²) in [5.41, 5.74) is 3.10. The van der Waals surface area contributed by atoms with Crippen LogP contribution in [0, 0.1) is 0 Å². The lowest BCUT2D eigenvalue weighted by molar-refractivity contribution is -0.114. The SMILES string of the molecule is COC(=O)c1ccc(NC(=O)CN2c3ccccc3Sc3ccccc32)cc1. The highest BCUT2D eigenvalue weighted by Crippen LogP contribution is 2.47. The summed E-state index contributed by atoms with van der Waals surface area (Å²) in [5, 5.41) is 2.90. The number of methoxy groups -OCH3 is 1. The van der Waals surface area contributed by atoms with Gasteiger partial charge in [0.25, 0.3) is 0 Å². The van der Waals surface area contributed by atoms with Gasteiger partial charge in [-0.05, 0) is 48.5 Å². The van der Waals surface area contributed by atoms with E-state index in [-0.39, 0.29) is 12.5 Å². The van der Waals surface area contributed by atoms with Gasteiger partial charge in [0, 0.05) is 15.5 Å². The Morgan fingerprint density at radius 3 is 2.04 bits per heavy atom. The van der Waals surface area contributed by atoms with Crippen LogP contribution in [-0.4, -0.2) is 25.5 Å². The maximum Gasteiger partial charge on any atom is 0.337 e. The largest absolute Gasteiger partial charge is 0.465 e. The molecule has 0 spiro atoms. The van der Waals surface area contributed by atoms with Crippen molar-refractivity contribution in [2.24, 2.45) is 0 Å². The molecule has 0 saturated heterocycles. The van der Waals surface area contributed by atoms with Gasteiger partial charge in [0.05, 0.1) is 24.0 Å². The molecule has 0 aromatic heterocycles. The third-order valence-electron chi connectivity index (χ3n) is 4.42. The zero-order chi connectivity index (χ0) is 19.5. The van der Waals surface area contributed by atoms with Gasteiger partial charge in [-0.1, -0.05) is 36.0 Å². The van der Waals surface area contributed by atoms with Crippen LogP contribution in [0.3, 0.4) is 0 Å². The molecule has 140 valence electrons. The monoisotopic (exact) mass is 390 g/mol. The van der Waals surface area contributed by atoms with Gasteiger partial charge in [0.15, 0.2) is 0 Å². The number of ether oxygens (including phenoxy) is 1. The second-order valence-electron chi connectivity index (χ2n) is 6.24. The minimum absolute atomic E-state index is 0.137. The van der Waals surface area contributed by atoms with E-state index in [1.165, 1.54) is 7.11 Å². The second-order valence-corrected chi connectivity index (χ2v) is 7.32. The second kappa shape index (κ2) is 7.78. The molecule has 5 nitrogen and oxygen atoms in total. The average Bonchev–Trinajstić information content (AvgIpc) is 2.73. The lowest BCUT2D eigenvalue weighted by Crippen LogP contribution is -2.31. The number of carbonyl (C=O) groups is 2. The highest BCUT2D eigenvalue weighted by molar-refractivity contribution is 7.99. The molecule has 3 aromatic rings. The third kappa shape index (κ3) is 3.59. The fourth-order valence-electron chi connectivity index (χ4n) is 3.10. The number of fused-ring (bicyclic) bond motifs is 2. The summed E-state index contributed by atoms with van der Waals surface area (Å²) in [6.07, 6.45) is 0. The standard InChI is InChI=1S/C22H18N2O3S/c1-27-22(26)15-10-12-16(13-11-15)23-21(25)14-24-17-6-2-4-8-19(17)28-20-9-5-3-7-18(20)24/h2-13H,14H2,1H3,(H,23,25). The molecule has 0 aliphatic carbocycles. The van der Waals surface area contributed by atoms with Crippen LogP contribution in [0.15, 0.2) is 82.6 Å². The maximum absolute atomic E-state index is 12.7. The summed E-state index contributed by atoms with van der Waals surface area (Å²) in [7, 11) is 1.34. The van der Waals surface area contributed by atoms with Gasteiger partial charge in [-0.2, -0.15) is 0 Å². The smallest absolute Gasteiger partial charge is 0.337 e. The number of amides is 1. The Morgan fingerprint density at radius 1 is 0.893 bits per heavy atom. The molecule has 0 saturated carbocycles. The Morgan fingerprint density at radius 2 is 1.46 bits per heavy atom. The van der Waals surface area contributed by atoms with Crippen molar-refractivity contribution in [3.63, 3.8) is 0 Å². The van der Waals surface area contributed by atoms with Gasteiger partial charge in [-0.25, -0.2) is 4.79 Å². The first-order valence-electron chi connectivity index (χ1n) is 8.77. The molecule has 3 aromatic carbocycles. The number of nitrogens with zero attached hydrogens (tertiary/aromatic N) is 1. The topological polar surface area (TPSA) is 58.6 Å². The van der Waals surface area contributed by atoms with E-state index in [0.717, 1.165) is 21.2 Å². The van der Waals surface area contributed by atoms with Crippen LogP contribution in [0.25, 0.3) is 0 Å². The number of carbonyl (C=O) groups excluding carboxylic acids is 2. The fourth-order valence-corrected chi connectivity index (χ4v) is 4.20. The Balaban J connectivity index is 1.54. The zero-order valence-electron chi connectivity index (χ0n) is 15.2. The van der Waals surface area contributed by atoms with E-state index in [4.69, 9.17) is 0 Å². The molecule has 0 fully saturated rings. The van der Waals surface area contributed by atoms with Crippen molar-refractivity contribution in [2.45, 2.75) is 9.79 Å². The van der Waals surface area contributed by atoms with Gasteiger partial charge in [-0.15, -0.1) is 0 Å². The molecule has 1 amide bonds. The third-order valence-corrected chi connectivity index (χ3v) is 5.55. The van der Waals surface area contributed by atoms with Crippen LogP contribution in [0.2, 0.25) is 0 Å². The van der Waals surface area contributed by atoms with Crippen molar-refractivity contribution in [1.29, 1.82) is 0 Å². The van der Waals surface area contributed by atoms with E-state index in [1.54, 1.807) is 36.0 Å². The van der Waals surface area contributed by atoms with Crippen molar-refractivity contribution in [3.05, 3.63) is 78.4 Å². The van der Waals surface area contributed by atoms with Crippen molar-refractivity contribution >= 4 is 40.7 Å². The first-order valence-corrected chi connectivity index (χ1v) is 9.59. The highest BCUT2D eigenvalue weighted by Gasteiger charge is 2.24. The molecule has 1 N–H and O–H groups in total. The van der Waals surface area contributed by atoms with E-state index in [2.05, 4.69) is 22.2 Å². The van der Waals surface area contributed by atoms with E-state index in [0.29, 0.717) is 11.3 Å². The van der Waals surface area contributed by atoms with Crippen LogP contribution >= 0.6 is 11.8 Å². The number of nitrogens with one attached hydrogen (secondary N) is 1. The molecule has 1 heterocycles. The first-order chi connectivity index (χ1) is 13.7. The fraction of sp³-hybridized carbons (Fsp3) is 0.0909.